The second-order valence-corrected chi connectivity index (χ2v) is 3.92. The molecule has 1 aromatic rings. The van der Waals surface area contributed by atoms with Crippen LogP contribution in [0, 0.1) is 0 Å². The lowest BCUT2D eigenvalue weighted by Gasteiger charge is -2.09. The van der Waals surface area contributed by atoms with Crippen LogP contribution in [0.25, 0.3) is 0 Å². The van der Waals surface area contributed by atoms with Crippen LogP contribution >= 0.6 is 7.83 Å². The molecule has 0 aromatic heterocycles. The fourth-order valence-electron chi connectivity index (χ4n) is 1.18. The number of aliphatic carboxylic acids is 1. The van der Waals surface area contributed by atoms with Crippen LogP contribution in [0.3, 0.4) is 0 Å². The molecule has 1 atom stereocenters. The Morgan fingerprint density at radius 1 is 1.31 bits per heavy atom. The smallest absolute Gasteiger partial charge is 0.396 e. The molecule has 0 aliphatic rings. The van der Waals surface area contributed by atoms with E-state index in [4.69, 9.17) is 10.2 Å². The van der Waals surface area contributed by atoms with E-state index in [1.54, 1.807) is 0 Å². The highest BCUT2D eigenvalue weighted by Gasteiger charge is 2.19. The first-order valence-electron chi connectivity index (χ1n) is 4.40. The molecule has 7 heteroatoms. The van der Waals surface area contributed by atoms with Gasteiger partial charge in [-0.25, -0.2) is 9.13 Å². The first-order valence-corrected chi connectivity index (χ1v) is 5.58. The fraction of sp³-hybridized carbons (Fsp3) is 0.222. The number of nitrogens with one attached hydrogen (secondary N) is 1. The molecule has 0 bridgehead atoms. The normalized spacial score (nSPS) is 12.0. The minimum absolute atomic E-state index is 0.0267. The van der Waals surface area contributed by atoms with E-state index >= 15 is 0 Å². The second-order valence-electron chi connectivity index (χ2n) is 3.15. The Labute approximate surface area is 91.8 Å². The van der Waals surface area contributed by atoms with Gasteiger partial charge in [0.05, 0.1) is 0 Å². The van der Waals surface area contributed by atoms with Crippen molar-refractivity contribution in [2.45, 2.75) is 12.5 Å². The van der Waals surface area contributed by atoms with Crippen LogP contribution in [0.5, 0.6) is 5.75 Å². The van der Waals surface area contributed by atoms with Crippen molar-refractivity contribution in [3.63, 3.8) is 0 Å². The third-order valence-electron chi connectivity index (χ3n) is 1.94. The molecule has 1 aromatic carbocycles. The van der Waals surface area contributed by atoms with Crippen molar-refractivity contribution in [1.29, 1.82) is 0 Å². The van der Waals surface area contributed by atoms with E-state index in [9.17, 15) is 13.9 Å². The van der Waals surface area contributed by atoms with Crippen LogP contribution in [0.1, 0.15) is 5.56 Å². The molecule has 0 saturated heterocycles. The van der Waals surface area contributed by atoms with Gasteiger partial charge in [-0.3, -0.25) is 4.79 Å². The minimum atomic E-state index is -2.95. The number of carboxylic acid groups (broad SMARTS) is 1. The van der Waals surface area contributed by atoms with Crippen LogP contribution in [-0.4, -0.2) is 22.2 Å². The molecule has 0 aliphatic carbocycles. The summed E-state index contributed by atoms with van der Waals surface area (Å²) in [6.45, 7) is 0. The summed E-state index contributed by atoms with van der Waals surface area (Å²) in [6, 6.07) is 4.69. The number of carboxylic acids is 1. The number of carbonyl (C=O) groups is 1. The Morgan fingerprint density at radius 3 is 2.31 bits per heavy atom. The molecular formula is C9H10NO5P. The summed E-state index contributed by atoms with van der Waals surface area (Å²) in [6.07, 6.45) is 0.0267. The lowest BCUT2D eigenvalue weighted by Crippen LogP contribution is -2.33. The first-order chi connectivity index (χ1) is 7.49. The maximum absolute atomic E-state index is 10.7. The standard InChI is InChI=1S/C9H10NO5P/c11-7-3-1-6(2-4-7)5-8(9(12)13)10-16(14)15/h1-4,8,11H,5H2,(H,12,13)(H,10,14,15)/t8-/m0/s1. The number of hydrogen-bond donors (Lipinski definition) is 3. The van der Waals surface area contributed by atoms with E-state index in [0.717, 1.165) is 0 Å². The number of phenols is 1. The number of phenolic OH excluding ortho intramolecular Hbond substituents is 1. The Balaban J connectivity index is 2.75. The maximum atomic E-state index is 10.7. The molecule has 0 amide bonds. The van der Waals surface area contributed by atoms with Crippen molar-refractivity contribution < 1.29 is 24.1 Å². The van der Waals surface area contributed by atoms with Crippen molar-refractivity contribution in [1.82, 2.24) is 5.09 Å². The Kier molecular flexibility index (Phi) is 4.22. The zero-order chi connectivity index (χ0) is 12.1. The van der Waals surface area contributed by atoms with Crippen LogP contribution in [0.15, 0.2) is 24.3 Å². The van der Waals surface area contributed by atoms with Gasteiger partial charge in [-0.2, -0.15) is 5.09 Å². The average molecular weight is 243 g/mol. The van der Waals surface area contributed by atoms with Crippen molar-refractivity contribution >= 4 is 13.8 Å². The highest BCUT2D eigenvalue weighted by Crippen LogP contribution is 2.12. The van der Waals surface area contributed by atoms with E-state index < -0.39 is 19.8 Å². The maximum Gasteiger partial charge on any atom is 0.396 e. The quantitative estimate of drug-likeness (QED) is 0.668. The molecule has 16 heavy (non-hydrogen) atoms. The fourth-order valence-corrected chi connectivity index (χ4v) is 1.64. The first kappa shape index (κ1) is 12.4. The van der Waals surface area contributed by atoms with Gasteiger partial charge in [0.2, 0.25) is 0 Å². The lowest BCUT2D eigenvalue weighted by molar-refractivity contribution is -0.138. The summed E-state index contributed by atoms with van der Waals surface area (Å²) in [5.41, 5.74) is 0.620. The molecule has 0 aliphatic heterocycles. The van der Waals surface area contributed by atoms with Gasteiger partial charge in [0.15, 0.2) is 0 Å². The Bertz CT molecular complexity index is 432. The van der Waals surface area contributed by atoms with E-state index in [-0.39, 0.29) is 12.2 Å². The summed E-state index contributed by atoms with van der Waals surface area (Å²) in [5.74, 6) is -1.18. The van der Waals surface area contributed by atoms with Gasteiger partial charge >= 0.3 is 13.8 Å². The molecule has 0 saturated carbocycles. The second kappa shape index (κ2) is 5.44. The van der Waals surface area contributed by atoms with Gasteiger partial charge in [-0.1, -0.05) is 12.1 Å². The molecule has 0 spiro atoms. The van der Waals surface area contributed by atoms with Gasteiger partial charge in [-0.05, 0) is 24.1 Å². The molecule has 86 valence electrons. The van der Waals surface area contributed by atoms with Gasteiger partial charge < -0.3 is 10.2 Å². The molecule has 0 fully saturated rings. The van der Waals surface area contributed by atoms with Gasteiger partial charge in [0.25, 0.3) is 0 Å². The largest absolute Gasteiger partial charge is 0.508 e. The number of benzene rings is 1. The average Bonchev–Trinajstić information content (AvgIpc) is 2.19. The van der Waals surface area contributed by atoms with Crippen molar-refractivity contribution in [3.05, 3.63) is 29.8 Å². The monoisotopic (exact) mass is 243 g/mol. The molecule has 1 rings (SSSR count). The molecule has 0 radical (unpaired) electrons. The van der Waals surface area contributed by atoms with E-state index in [1.807, 2.05) is 5.09 Å². The summed E-state index contributed by atoms with van der Waals surface area (Å²) >= 11 is 0. The van der Waals surface area contributed by atoms with Crippen molar-refractivity contribution in [2.24, 2.45) is 0 Å². The van der Waals surface area contributed by atoms with Gasteiger partial charge in [0, 0.05) is 0 Å². The number of aromatic hydroxyl groups is 1. The van der Waals surface area contributed by atoms with E-state index in [0.29, 0.717) is 5.56 Å². The van der Waals surface area contributed by atoms with E-state index in [2.05, 4.69) is 0 Å². The molecule has 3 N–H and O–H groups in total. The molecule has 6 nitrogen and oxygen atoms in total. The zero-order valence-corrected chi connectivity index (χ0v) is 9.05. The summed E-state index contributed by atoms with van der Waals surface area (Å²) in [5, 5.41) is 19.7. The van der Waals surface area contributed by atoms with Crippen molar-refractivity contribution in [2.75, 3.05) is 0 Å². The van der Waals surface area contributed by atoms with Crippen LogP contribution in [0.4, 0.5) is 0 Å². The number of rotatable bonds is 5. The summed E-state index contributed by atoms with van der Waals surface area (Å²) < 4.78 is 20.8. The molecule has 0 unspecified atom stereocenters. The lowest BCUT2D eigenvalue weighted by atomic mass is 10.1. The minimum Gasteiger partial charge on any atom is -0.508 e. The third-order valence-corrected chi connectivity index (χ3v) is 2.46. The highest BCUT2D eigenvalue weighted by atomic mass is 31.1. The van der Waals surface area contributed by atoms with Gasteiger partial charge in [0.1, 0.15) is 11.8 Å². The van der Waals surface area contributed by atoms with Crippen LogP contribution in [0.2, 0.25) is 0 Å². The molecular weight excluding hydrogens is 233 g/mol. The Hall–Kier alpha value is -1.65. The third kappa shape index (κ3) is 3.84. The predicted octanol–water partition coefficient (Wildman–Crippen LogP) is 1.07. The van der Waals surface area contributed by atoms with Crippen LogP contribution in [-0.2, 0) is 20.3 Å². The molecule has 0 heterocycles. The topological polar surface area (TPSA) is 104 Å². The Morgan fingerprint density at radius 2 is 1.88 bits per heavy atom. The number of hydrogen-bond acceptors (Lipinski definition) is 4. The van der Waals surface area contributed by atoms with Crippen LogP contribution < -0.4 is 5.09 Å². The summed E-state index contributed by atoms with van der Waals surface area (Å²) in [7, 11) is -2.95. The zero-order valence-electron chi connectivity index (χ0n) is 8.16. The SMILES string of the molecule is O=C(O)[C@H](Cc1ccc(O)cc1)NP(=O)=O. The van der Waals surface area contributed by atoms with Crippen molar-refractivity contribution in [3.8, 4) is 5.75 Å². The van der Waals surface area contributed by atoms with Gasteiger partial charge in [-0.15, -0.1) is 0 Å². The van der Waals surface area contributed by atoms with E-state index in [1.165, 1.54) is 24.3 Å². The predicted molar refractivity (Wildman–Crippen MR) is 54.7 cm³/mol. The summed E-state index contributed by atoms with van der Waals surface area (Å²) in [4.78, 5) is 10.7. The highest BCUT2D eigenvalue weighted by molar-refractivity contribution is 7.28.